The lowest BCUT2D eigenvalue weighted by atomic mass is 9.95. The monoisotopic (exact) mass is 253 g/mol. The minimum Gasteiger partial charge on any atom is -0.394 e. The van der Waals surface area contributed by atoms with Gasteiger partial charge < -0.3 is 10.4 Å². The predicted molar refractivity (Wildman–Crippen MR) is 73.6 cm³/mol. The van der Waals surface area contributed by atoms with Crippen LogP contribution in [0.1, 0.15) is 49.4 Å². The Morgan fingerprint density at radius 3 is 2.59 bits per heavy atom. The number of hydrogen-bond acceptors (Lipinski definition) is 3. The lowest BCUT2D eigenvalue weighted by Gasteiger charge is -2.17. The Bertz CT molecular complexity index is 363. The van der Waals surface area contributed by atoms with Crippen molar-refractivity contribution in [2.45, 2.75) is 45.1 Å². The van der Waals surface area contributed by atoms with E-state index in [0.717, 1.165) is 12.5 Å². The van der Waals surface area contributed by atoms with Crippen molar-refractivity contribution in [2.24, 2.45) is 5.92 Å². The summed E-state index contributed by atoms with van der Waals surface area (Å²) in [6.45, 7) is 7.93. The van der Waals surface area contributed by atoms with Gasteiger partial charge in [-0.2, -0.15) is 0 Å². The SMILES string of the molecule is CC(C)(C)c1ccc(C(CO)NCC2CC2)s1. The van der Waals surface area contributed by atoms with Crippen LogP contribution in [0.4, 0.5) is 0 Å². The van der Waals surface area contributed by atoms with Crippen molar-refractivity contribution >= 4 is 11.3 Å². The maximum Gasteiger partial charge on any atom is 0.0649 e. The second-order valence-corrected chi connectivity index (χ2v) is 7.15. The molecule has 0 aromatic carbocycles. The average molecular weight is 253 g/mol. The largest absolute Gasteiger partial charge is 0.394 e. The number of aliphatic hydroxyl groups is 1. The maximum absolute atomic E-state index is 9.47. The minimum absolute atomic E-state index is 0.122. The zero-order valence-corrected chi connectivity index (χ0v) is 11.8. The molecule has 0 amide bonds. The van der Waals surface area contributed by atoms with Crippen LogP contribution >= 0.6 is 11.3 Å². The summed E-state index contributed by atoms with van der Waals surface area (Å²) in [6.07, 6.45) is 2.70. The first-order valence-electron chi connectivity index (χ1n) is 6.45. The molecule has 17 heavy (non-hydrogen) atoms. The fourth-order valence-corrected chi connectivity index (χ4v) is 2.96. The first kappa shape index (κ1) is 13.1. The molecule has 0 radical (unpaired) electrons. The molecule has 1 aromatic heterocycles. The summed E-state index contributed by atoms with van der Waals surface area (Å²) < 4.78 is 0. The minimum atomic E-state index is 0.122. The number of nitrogens with one attached hydrogen (secondary N) is 1. The molecule has 1 heterocycles. The van der Waals surface area contributed by atoms with E-state index in [2.05, 4.69) is 38.2 Å². The third kappa shape index (κ3) is 3.54. The van der Waals surface area contributed by atoms with Crippen molar-refractivity contribution in [3.05, 3.63) is 21.9 Å². The Morgan fingerprint density at radius 1 is 1.41 bits per heavy atom. The predicted octanol–water partition coefficient (Wildman–Crippen LogP) is 3.08. The van der Waals surface area contributed by atoms with Gasteiger partial charge in [-0.3, -0.25) is 0 Å². The van der Waals surface area contributed by atoms with E-state index < -0.39 is 0 Å². The fourth-order valence-electron chi connectivity index (χ4n) is 1.83. The van der Waals surface area contributed by atoms with E-state index in [1.54, 1.807) is 0 Å². The Hall–Kier alpha value is -0.380. The highest BCUT2D eigenvalue weighted by Gasteiger charge is 2.24. The van der Waals surface area contributed by atoms with Crippen molar-refractivity contribution in [2.75, 3.05) is 13.2 Å². The first-order chi connectivity index (χ1) is 8.00. The van der Waals surface area contributed by atoms with Gasteiger partial charge in [0.15, 0.2) is 0 Å². The molecule has 2 nitrogen and oxygen atoms in total. The van der Waals surface area contributed by atoms with E-state index in [1.165, 1.54) is 22.6 Å². The van der Waals surface area contributed by atoms with E-state index >= 15 is 0 Å². The van der Waals surface area contributed by atoms with Gasteiger partial charge in [-0.15, -0.1) is 11.3 Å². The molecule has 1 fully saturated rings. The van der Waals surface area contributed by atoms with Gasteiger partial charge in [-0.05, 0) is 42.9 Å². The molecular formula is C14H23NOS. The van der Waals surface area contributed by atoms with Crippen LogP contribution in [-0.2, 0) is 5.41 Å². The van der Waals surface area contributed by atoms with Crippen LogP contribution in [0.2, 0.25) is 0 Å². The summed E-state index contributed by atoms with van der Waals surface area (Å²) in [5, 5.41) is 12.9. The zero-order chi connectivity index (χ0) is 12.5. The van der Waals surface area contributed by atoms with Crippen LogP contribution in [0.5, 0.6) is 0 Å². The fraction of sp³-hybridized carbons (Fsp3) is 0.714. The molecule has 1 saturated carbocycles. The first-order valence-corrected chi connectivity index (χ1v) is 7.27. The third-order valence-electron chi connectivity index (χ3n) is 3.24. The number of hydrogen-bond donors (Lipinski definition) is 2. The van der Waals surface area contributed by atoms with Crippen molar-refractivity contribution in [1.82, 2.24) is 5.32 Å². The summed E-state index contributed by atoms with van der Waals surface area (Å²) in [4.78, 5) is 2.65. The van der Waals surface area contributed by atoms with Crippen LogP contribution in [0, 0.1) is 5.92 Å². The van der Waals surface area contributed by atoms with E-state index in [0.29, 0.717) is 0 Å². The topological polar surface area (TPSA) is 32.3 Å². The molecule has 2 rings (SSSR count). The van der Waals surface area contributed by atoms with Crippen molar-refractivity contribution in [1.29, 1.82) is 0 Å². The van der Waals surface area contributed by atoms with Crippen LogP contribution in [0.3, 0.4) is 0 Å². The molecule has 1 atom stereocenters. The highest BCUT2D eigenvalue weighted by molar-refractivity contribution is 7.12. The average Bonchev–Trinajstić information content (AvgIpc) is 2.93. The molecule has 2 N–H and O–H groups in total. The maximum atomic E-state index is 9.47. The summed E-state index contributed by atoms with van der Waals surface area (Å²) in [6, 6.07) is 4.48. The number of rotatable bonds is 5. The molecular weight excluding hydrogens is 230 g/mol. The van der Waals surface area contributed by atoms with Crippen molar-refractivity contribution < 1.29 is 5.11 Å². The number of aliphatic hydroxyl groups excluding tert-OH is 1. The molecule has 0 spiro atoms. The van der Waals surface area contributed by atoms with Gasteiger partial charge >= 0.3 is 0 Å². The Balaban J connectivity index is 2.00. The van der Waals surface area contributed by atoms with Crippen LogP contribution < -0.4 is 5.32 Å². The van der Waals surface area contributed by atoms with E-state index in [1.807, 2.05) is 11.3 Å². The Kier molecular flexibility index (Phi) is 3.91. The van der Waals surface area contributed by atoms with Gasteiger partial charge in [-0.1, -0.05) is 20.8 Å². The molecule has 96 valence electrons. The quantitative estimate of drug-likeness (QED) is 0.845. The Morgan fingerprint density at radius 2 is 2.12 bits per heavy atom. The number of thiophene rings is 1. The summed E-state index contributed by atoms with van der Waals surface area (Å²) >= 11 is 1.82. The highest BCUT2D eigenvalue weighted by atomic mass is 32.1. The highest BCUT2D eigenvalue weighted by Crippen LogP contribution is 2.33. The van der Waals surface area contributed by atoms with Crippen molar-refractivity contribution in [3.63, 3.8) is 0 Å². The molecule has 3 heteroatoms. The Labute approximate surface area is 108 Å². The van der Waals surface area contributed by atoms with Gasteiger partial charge in [0.05, 0.1) is 12.6 Å². The lowest BCUT2D eigenvalue weighted by Crippen LogP contribution is -2.25. The van der Waals surface area contributed by atoms with Crippen LogP contribution in [0.15, 0.2) is 12.1 Å². The molecule has 1 aromatic rings. The molecule has 1 aliphatic rings. The van der Waals surface area contributed by atoms with Crippen LogP contribution in [0.25, 0.3) is 0 Å². The van der Waals surface area contributed by atoms with E-state index in [9.17, 15) is 5.11 Å². The van der Waals surface area contributed by atoms with Gasteiger partial charge in [-0.25, -0.2) is 0 Å². The second kappa shape index (κ2) is 5.09. The molecule has 1 unspecified atom stereocenters. The third-order valence-corrected chi connectivity index (χ3v) is 4.87. The molecule has 0 saturated heterocycles. The zero-order valence-electron chi connectivity index (χ0n) is 11.0. The van der Waals surface area contributed by atoms with Crippen molar-refractivity contribution in [3.8, 4) is 0 Å². The summed E-state index contributed by atoms with van der Waals surface area (Å²) in [5.74, 6) is 0.853. The summed E-state index contributed by atoms with van der Waals surface area (Å²) in [5.41, 5.74) is 0.208. The molecule has 0 bridgehead atoms. The smallest absolute Gasteiger partial charge is 0.0649 e. The van der Waals surface area contributed by atoms with Gasteiger partial charge in [0.1, 0.15) is 0 Å². The summed E-state index contributed by atoms with van der Waals surface area (Å²) in [7, 11) is 0. The molecule has 1 aliphatic carbocycles. The molecule has 0 aliphatic heterocycles. The van der Waals surface area contributed by atoms with Gasteiger partial charge in [0.25, 0.3) is 0 Å². The lowest BCUT2D eigenvalue weighted by molar-refractivity contribution is 0.245. The van der Waals surface area contributed by atoms with E-state index in [4.69, 9.17) is 0 Å². The normalized spacial score (nSPS) is 18.4. The van der Waals surface area contributed by atoms with Crippen LogP contribution in [-0.4, -0.2) is 18.3 Å². The standard InChI is InChI=1S/C14H23NOS/c1-14(2,3)13-7-6-12(17-13)11(9-16)15-8-10-4-5-10/h6-7,10-11,15-16H,4-5,8-9H2,1-3H3. The second-order valence-electron chi connectivity index (χ2n) is 6.04. The van der Waals surface area contributed by atoms with Gasteiger partial charge in [0.2, 0.25) is 0 Å². The van der Waals surface area contributed by atoms with E-state index in [-0.39, 0.29) is 18.1 Å². The van der Waals surface area contributed by atoms with Gasteiger partial charge in [0, 0.05) is 9.75 Å².